The van der Waals surface area contributed by atoms with Crippen LogP contribution in [-0.2, 0) is 9.47 Å². The van der Waals surface area contributed by atoms with Crippen molar-refractivity contribution in [3.63, 3.8) is 0 Å². The molecule has 4 nitrogen and oxygen atoms in total. The molecule has 0 saturated heterocycles. The molecular weight excluding hydrogens is 264 g/mol. The van der Waals surface area contributed by atoms with Crippen LogP contribution in [0.5, 0.6) is 0 Å². The van der Waals surface area contributed by atoms with Crippen LogP contribution < -0.4 is 5.73 Å². The number of ether oxygens (including phenoxy) is 2. The van der Waals surface area contributed by atoms with Crippen LogP contribution in [0.1, 0.15) is 29.7 Å². The third-order valence-electron chi connectivity index (χ3n) is 3.72. The summed E-state index contributed by atoms with van der Waals surface area (Å²) < 4.78 is 10.5. The molecule has 1 rings (SSSR count). The van der Waals surface area contributed by atoms with Crippen molar-refractivity contribution in [2.24, 2.45) is 5.73 Å². The average molecular weight is 294 g/mol. The normalized spacial score (nSPS) is 14.4. The molecule has 2 atom stereocenters. The van der Waals surface area contributed by atoms with Crippen LogP contribution in [0.3, 0.4) is 0 Å². The minimum atomic E-state index is -0.000220. The van der Waals surface area contributed by atoms with Crippen molar-refractivity contribution in [1.82, 2.24) is 4.90 Å². The molecule has 21 heavy (non-hydrogen) atoms. The van der Waals surface area contributed by atoms with E-state index in [0.717, 1.165) is 13.1 Å². The molecule has 1 aromatic carbocycles. The number of hydrogen-bond acceptors (Lipinski definition) is 4. The van der Waals surface area contributed by atoms with Crippen LogP contribution in [0.25, 0.3) is 0 Å². The predicted octanol–water partition coefficient (Wildman–Crippen LogP) is 2.29. The predicted molar refractivity (Wildman–Crippen MR) is 87.6 cm³/mol. The first-order valence-electron chi connectivity index (χ1n) is 7.53. The quantitative estimate of drug-likeness (QED) is 0.759. The summed E-state index contributed by atoms with van der Waals surface area (Å²) in [6.07, 6.45) is 0. The highest BCUT2D eigenvalue weighted by Gasteiger charge is 2.18. The van der Waals surface area contributed by atoms with Gasteiger partial charge in [0.05, 0.1) is 13.2 Å². The maximum absolute atomic E-state index is 6.42. The molecule has 0 bridgehead atoms. The minimum Gasteiger partial charge on any atom is -0.383 e. The molecule has 0 aliphatic carbocycles. The third-order valence-corrected chi connectivity index (χ3v) is 3.72. The van der Waals surface area contributed by atoms with Crippen LogP contribution in [0, 0.1) is 13.8 Å². The Morgan fingerprint density at radius 2 is 1.71 bits per heavy atom. The van der Waals surface area contributed by atoms with E-state index in [2.05, 4.69) is 43.9 Å². The molecular formula is C17H30N2O2. The minimum absolute atomic E-state index is 0.000220. The van der Waals surface area contributed by atoms with Gasteiger partial charge in [-0.2, -0.15) is 0 Å². The summed E-state index contributed by atoms with van der Waals surface area (Å²) in [6.45, 7) is 9.44. The van der Waals surface area contributed by atoms with Crippen LogP contribution in [0.15, 0.2) is 18.2 Å². The maximum Gasteiger partial charge on any atom is 0.0615 e. The fourth-order valence-electron chi connectivity index (χ4n) is 2.63. The number of aryl methyl sites for hydroxylation is 2. The molecule has 120 valence electrons. The molecule has 0 fully saturated rings. The second kappa shape index (κ2) is 9.15. The molecule has 0 amide bonds. The second-order valence-corrected chi connectivity index (χ2v) is 5.82. The van der Waals surface area contributed by atoms with E-state index in [4.69, 9.17) is 15.2 Å². The average Bonchev–Trinajstić information content (AvgIpc) is 2.42. The smallest absolute Gasteiger partial charge is 0.0615 e. The van der Waals surface area contributed by atoms with Crippen LogP contribution >= 0.6 is 0 Å². The van der Waals surface area contributed by atoms with Gasteiger partial charge < -0.3 is 15.2 Å². The third kappa shape index (κ3) is 6.14. The zero-order valence-corrected chi connectivity index (χ0v) is 14.1. The van der Waals surface area contributed by atoms with Gasteiger partial charge in [0, 0.05) is 39.4 Å². The van der Waals surface area contributed by atoms with Gasteiger partial charge in [0.25, 0.3) is 0 Å². The van der Waals surface area contributed by atoms with Crippen molar-refractivity contribution in [2.45, 2.75) is 32.9 Å². The first-order chi connectivity index (χ1) is 9.97. The van der Waals surface area contributed by atoms with Crippen LogP contribution in [-0.4, -0.2) is 51.5 Å². The van der Waals surface area contributed by atoms with E-state index in [-0.39, 0.29) is 6.04 Å². The first kappa shape index (κ1) is 18.1. The summed E-state index contributed by atoms with van der Waals surface area (Å²) in [7, 11) is 3.46. The van der Waals surface area contributed by atoms with E-state index in [1.165, 1.54) is 16.7 Å². The molecule has 4 heteroatoms. The second-order valence-electron chi connectivity index (χ2n) is 5.82. The Bertz CT molecular complexity index is 403. The standard InChI is InChI=1S/C17H30N2O2/c1-13-8-14(2)10-16(9-13)17(18)11-19(6-7-20-4)15(3)12-21-5/h8-10,15,17H,6-7,11-12,18H2,1-5H3. The van der Waals surface area contributed by atoms with E-state index in [1.807, 2.05) is 0 Å². The number of benzene rings is 1. The first-order valence-corrected chi connectivity index (χ1v) is 7.53. The SMILES string of the molecule is COCCN(CC(N)c1cc(C)cc(C)c1)C(C)COC. The summed E-state index contributed by atoms with van der Waals surface area (Å²) in [5, 5.41) is 0. The molecule has 0 radical (unpaired) electrons. The Morgan fingerprint density at radius 3 is 2.24 bits per heavy atom. The largest absolute Gasteiger partial charge is 0.383 e. The van der Waals surface area contributed by atoms with E-state index < -0.39 is 0 Å². The molecule has 0 aliphatic rings. The van der Waals surface area contributed by atoms with Crippen molar-refractivity contribution >= 4 is 0 Å². The Balaban J connectivity index is 2.75. The van der Waals surface area contributed by atoms with E-state index in [0.29, 0.717) is 19.3 Å². The number of methoxy groups -OCH3 is 2. The maximum atomic E-state index is 6.42. The number of rotatable bonds is 9. The molecule has 1 aromatic rings. The lowest BCUT2D eigenvalue weighted by molar-refractivity contribution is 0.0713. The summed E-state index contributed by atoms with van der Waals surface area (Å²) in [6, 6.07) is 6.84. The highest BCUT2D eigenvalue weighted by molar-refractivity contribution is 5.30. The number of hydrogen-bond donors (Lipinski definition) is 1. The molecule has 0 saturated carbocycles. The van der Waals surface area contributed by atoms with Crippen molar-refractivity contribution in [3.8, 4) is 0 Å². The molecule has 0 spiro atoms. The van der Waals surface area contributed by atoms with Gasteiger partial charge in [0.15, 0.2) is 0 Å². The van der Waals surface area contributed by atoms with Gasteiger partial charge in [-0.05, 0) is 26.3 Å². The van der Waals surface area contributed by atoms with Gasteiger partial charge in [-0.15, -0.1) is 0 Å². The van der Waals surface area contributed by atoms with Crippen molar-refractivity contribution < 1.29 is 9.47 Å². The Labute approximate surface area is 129 Å². The monoisotopic (exact) mass is 294 g/mol. The van der Waals surface area contributed by atoms with E-state index in [9.17, 15) is 0 Å². The van der Waals surface area contributed by atoms with Gasteiger partial charge in [-0.1, -0.05) is 29.3 Å². The highest BCUT2D eigenvalue weighted by atomic mass is 16.5. The van der Waals surface area contributed by atoms with Crippen molar-refractivity contribution in [3.05, 3.63) is 34.9 Å². The summed E-state index contributed by atoms with van der Waals surface area (Å²) in [5.41, 5.74) is 10.1. The Kier molecular flexibility index (Phi) is 7.89. The van der Waals surface area contributed by atoms with Gasteiger partial charge in [-0.25, -0.2) is 0 Å². The zero-order valence-electron chi connectivity index (χ0n) is 14.1. The molecule has 2 unspecified atom stereocenters. The summed E-state index contributed by atoms with van der Waals surface area (Å²) in [5.74, 6) is 0. The fourth-order valence-corrected chi connectivity index (χ4v) is 2.63. The van der Waals surface area contributed by atoms with Gasteiger partial charge >= 0.3 is 0 Å². The number of nitrogens with two attached hydrogens (primary N) is 1. The molecule has 0 aromatic heterocycles. The lowest BCUT2D eigenvalue weighted by Crippen LogP contribution is -2.42. The fraction of sp³-hybridized carbons (Fsp3) is 0.647. The summed E-state index contributed by atoms with van der Waals surface area (Å²) in [4.78, 5) is 2.33. The Morgan fingerprint density at radius 1 is 1.10 bits per heavy atom. The van der Waals surface area contributed by atoms with E-state index in [1.54, 1.807) is 14.2 Å². The van der Waals surface area contributed by atoms with Crippen LogP contribution in [0.4, 0.5) is 0 Å². The molecule has 2 N–H and O–H groups in total. The number of nitrogens with zero attached hydrogens (tertiary/aromatic N) is 1. The Hall–Kier alpha value is -0.940. The summed E-state index contributed by atoms with van der Waals surface area (Å²) >= 11 is 0. The van der Waals surface area contributed by atoms with Gasteiger partial charge in [0.1, 0.15) is 0 Å². The van der Waals surface area contributed by atoms with E-state index >= 15 is 0 Å². The molecule has 0 aliphatic heterocycles. The van der Waals surface area contributed by atoms with Crippen molar-refractivity contribution in [2.75, 3.05) is 40.5 Å². The van der Waals surface area contributed by atoms with Crippen LogP contribution in [0.2, 0.25) is 0 Å². The zero-order chi connectivity index (χ0) is 15.8. The highest BCUT2D eigenvalue weighted by Crippen LogP contribution is 2.17. The van der Waals surface area contributed by atoms with Crippen molar-refractivity contribution in [1.29, 1.82) is 0 Å². The lowest BCUT2D eigenvalue weighted by atomic mass is 10.0. The van der Waals surface area contributed by atoms with Gasteiger partial charge in [0.2, 0.25) is 0 Å². The molecule has 0 heterocycles. The lowest BCUT2D eigenvalue weighted by Gasteiger charge is -2.31. The van der Waals surface area contributed by atoms with Gasteiger partial charge in [-0.3, -0.25) is 4.90 Å². The topological polar surface area (TPSA) is 47.7 Å².